The Morgan fingerprint density at radius 1 is 1.13 bits per heavy atom. The van der Waals surface area contributed by atoms with Crippen LogP contribution in [-0.4, -0.2) is 37.2 Å². The number of rotatable bonds is 7. The molecular weight excluding hydrogens is 385 g/mol. The molecule has 1 fully saturated rings. The first-order chi connectivity index (χ1) is 14.7. The monoisotopic (exact) mass is 409 g/mol. The second-order valence-corrected chi connectivity index (χ2v) is 7.15. The number of carbonyl (C=O) groups excluding carboxylic acids is 1. The Labute approximate surface area is 174 Å². The van der Waals surface area contributed by atoms with Crippen molar-refractivity contribution in [3.63, 3.8) is 0 Å². The van der Waals surface area contributed by atoms with Gasteiger partial charge in [0.2, 0.25) is 5.91 Å². The lowest BCUT2D eigenvalue weighted by Gasteiger charge is -2.29. The molecule has 1 aliphatic rings. The summed E-state index contributed by atoms with van der Waals surface area (Å²) >= 11 is 0. The Morgan fingerprint density at radius 2 is 1.93 bits per heavy atom. The first-order valence-corrected chi connectivity index (χ1v) is 10.1. The van der Waals surface area contributed by atoms with E-state index in [0.29, 0.717) is 68.6 Å². The van der Waals surface area contributed by atoms with Gasteiger partial charge in [-0.15, -0.1) is 0 Å². The normalized spacial score (nSPS) is 14.0. The van der Waals surface area contributed by atoms with E-state index in [9.17, 15) is 9.18 Å². The average Bonchev–Trinajstić information content (AvgIpc) is 3.24. The van der Waals surface area contributed by atoms with Crippen LogP contribution in [0, 0.1) is 5.82 Å². The molecule has 1 saturated heterocycles. The van der Waals surface area contributed by atoms with Crippen LogP contribution in [0.15, 0.2) is 59.1 Å². The average molecular weight is 409 g/mol. The smallest absolute Gasteiger partial charge is 0.224 e. The Morgan fingerprint density at radius 3 is 2.70 bits per heavy atom. The molecule has 7 heteroatoms. The highest BCUT2D eigenvalue weighted by atomic mass is 19.1. The van der Waals surface area contributed by atoms with Crippen molar-refractivity contribution < 1.29 is 18.3 Å². The summed E-state index contributed by atoms with van der Waals surface area (Å²) in [6, 6.07) is 14.5. The number of ether oxygens (including phenoxy) is 1. The highest BCUT2D eigenvalue weighted by Crippen LogP contribution is 2.24. The van der Waals surface area contributed by atoms with Crippen LogP contribution in [0.5, 0.6) is 0 Å². The molecule has 1 aliphatic heterocycles. The van der Waals surface area contributed by atoms with E-state index >= 15 is 0 Å². The number of benzene rings is 2. The first kappa shape index (κ1) is 20.1. The maximum Gasteiger partial charge on any atom is 0.224 e. The second-order valence-electron chi connectivity index (χ2n) is 7.15. The predicted molar refractivity (Wildman–Crippen MR) is 113 cm³/mol. The fraction of sp³-hybridized carbons (Fsp3) is 0.304. The summed E-state index contributed by atoms with van der Waals surface area (Å²) in [5.41, 5.74) is 1.96. The summed E-state index contributed by atoms with van der Waals surface area (Å²) in [5, 5.41) is 2.76. The maximum absolute atomic E-state index is 14.4. The zero-order valence-electron chi connectivity index (χ0n) is 16.6. The molecule has 4 rings (SSSR count). The van der Waals surface area contributed by atoms with Gasteiger partial charge >= 0.3 is 0 Å². The van der Waals surface area contributed by atoms with E-state index in [1.54, 1.807) is 18.3 Å². The Hall–Kier alpha value is -3.19. The van der Waals surface area contributed by atoms with Crippen LogP contribution in [0.1, 0.15) is 18.7 Å². The molecule has 1 amide bonds. The van der Waals surface area contributed by atoms with Crippen molar-refractivity contribution in [3.8, 4) is 11.3 Å². The van der Waals surface area contributed by atoms with Crippen LogP contribution in [0.2, 0.25) is 0 Å². The molecule has 156 valence electrons. The third kappa shape index (κ3) is 5.04. The molecule has 0 unspecified atom stereocenters. The minimum absolute atomic E-state index is 0.164. The van der Waals surface area contributed by atoms with Gasteiger partial charge in [-0.05, 0) is 24.6 Å². The van der Waals surface area contributed by atoms with Crippen molar-refractivity contribution >= 4 is 17.3 Å². The zero-order chi connectivity index (χ0) is 20.8. The number of carbonyl (C=O) groups is 1. The van der Waals surface area contributed by atoms with E-state index in [1.165, 1.54) is 6.07 Å². The summed E-state index contributed by atoms with van der Waals surface area (Å²) in [6.07, 6.45) is 3.15. The number of hydrogen-bond donors (Lipinski definition) is 1. The van der Waals surface area contributed by atoms with E-state index in [4.69, 9.17) is 9.15 Å². The number of anilines is 2. The zero-order valence-corrected chi connectivity index (χ0v) is 16.6. The molecule has 2 heterocycles. The van der Waals surface area contributed by atoms with Gasteiger partial charge in [0.15, 0.2) is 11.7 Å². The van der Waals surface area contributed by atoms with Gasteiger partial charge in [-0.3, -0.25) is 4.79 Å². The van der Waals surface area contributed by atoms with E-state index in [1.807, 2.05) is 35.2 Å². The third-order valence-corrected chi connectivity index (χ3v) is 4.99. The predicted octanol–water partition coefficient (Wildman–Crippen LogP) is 4.28. The number of nitrogens with one attached hydrogen (secondary N) is 1. The molecule has 0 radical (unpaired) electrons. The van der Waals surface area contributed by atoms with Crippen molar-refractivity contribution in [2.75, 3.05) is 36.5 Å². The van der Waals surface area contributed by atoms with Gasteiger partial charge in [0.05, 0.1) is 25.1 Å². The number of nitrogens with zero attached hydrogens (tertiary/aromatic N) is 2. The van der Waals surface area contributed by atoms with Crippen LogP contribution in [0.3, 0.4) is 0 Å². The van der Waals surface area contributed by atoms with Gasteiger partial charge in [-0.2, -0.15) is 0 Å². The van der Waals surface area contributed by atoms with Crippen LogP contribution < -0.4 is 10.2 Å². The highest BCUT2D eigenvalue weighted by Gasteiger charge is 2.16. The first-order valence-electron chi connectivity index (χ1n) is 10.1. The standard InChI is InChI=1S/C23H24FN3O3/c24-19-15-18(9-10-20(19)27-11-13-29-14-12-27)26-22(28)7-4-8-23-25-16-21(30-23)17-5-2-1-3-6-17/h1-3,5-6,9-10,15-16H,4,7-8,11-14H2,(H,26,28). The van der Waals surface area contributed by atoms with E-state index in [-0.39, 0.29) is 11.7 Å². The number of morpholine rings is 1. The Balaban J connectivity index is 1.26. The fourth-order valence-electron chi connectivity index (χ4n) is 3.43. The Bertz CT molecular complexity index is 984. The minimum Gasteiger partial charge on any atom is -0.441 e. The van der Waals surface area contributed by atoms with Gasteiger partial charge in [0.25, 0.3) is 0 Å². The molecule has 1 aromatic heterocycles. The van der Waals surface area contributed by atoms with Gasteiger partial charge < -0.3 is 19.4 Å². The molecule has 30 heavy (non-hydrogen) atoms. The minimum atomic E-state index is -0.345. The second kappa shape index (κ2) is 9.54. The number of oxazole rings is 1. The number of aromatic nitrogens is 1. The highest BCUT2D eigenvalue weighted by molar-refractivity contribution is 5.90. The molecule has 2 aromatic carbocycles. The van der Waals surface area contributed by atoms with Crippen molar-refractivity contribution in [2.45, 2.75) is 19.3 Å². The van der Waals surface area contributed by atoms with Crippen LogP contribution in [-0.2, 0) is 16.0 Å². The topological polar surface area (TPSA) is 67.6 Å². The number of halogens is 1. The lowest BCUT2D eigenvalue weighted by molar-refractivity contribution is -0.116. The lowest BCUT2D eigenvalue weighted by atomic mass is 10.2. The van der Waals surface area contributed by atoms with Crippen LogP contribution in [0.25, 0.3) is 11.3 Å². The summed E-state index contributed by atoms with van der Waals surface area (Å²) < 4.78 is 25.5. The van der Waals surface area contributed by atoms with Crippen molar-refractivity contribution in [1.82, 2.24) is 4.98 Å². The van der Waals surface area contributed by atoms with Crippen molar-refractivity contribution in [1.29, 1.82) is 0 Å². The Kier molecular flexibility index (Phi) is 6.39. The number of amides is 1. The molecule has 0 spiro atoms. The largest absolute Gasteiger partial charge is 0.441 e. The van der Waals surface area contributed by atoms with E-state index in [2.05, 4.69) is 10.3 Å². The molecule has 0 atom stereocenters. The van der Waals surface area contributed by atoms with Crippen LogP contribution in [0.4, 0.5) is 15.8 Å². The van der Waals surface area contributed by atoms with Crippen molar-refractivity contribution in [3.05, 3.63) is 66.4 Å². The van der Waals surface area contributed by atoms with Gasteiger partial charge in [0, 0.05) is 37.2 Å². The SMILES string of the molecule is O=C(CCCc1ncc(-c2ccccc2)o1)Nc1ccc(N2CCOCC2)c(F)c1. The number of aryl methyl sites for hydroxylation is 1. The number of hydrogen-bond acceptors (Lipinski definition) is 5. The van der Waals surface area contributed by atoms with E-state index < -0.39 is 0 Å². The summed E-state index contributed by atoms with van der Waals surface area (Å²) in [7, 11) is 0. The van der Waals surface area contributed by atoms with Gasteiger partial charge in [-0.1, -0.05) is 30.3 Å². The quantitative estimate of drug-likeness (QED) is 0.631. The summed E-state index contributed by atoms with van der Waals surface area (Å²) in [5.74, 6) is 0.805. The molecule has 0 bridgehead atoms. The third-order valence-electron chi connectivity index (χ3n) is 4.99. The van der Waals surface area contributed by atoms with E-state index in [0.717, 1.165) is 5.56 Å². The molecule has 0 saturated carbocycles. The van der Waals surface area contributed by atoms with Gasteiger partial charge in [0.1, 0.15) is 5.82 Å². The fourth-order valence-corrected chi connectivity index (χ4v) is 3.43. The molecule has 0 aliphatic carbocycles. The summed E-state index contributed by atoms with van der Waals surface area (Å²) in [4.78, 5) is 18.4. The van der Waals surface area contributed by atoms with Gasteiger partial charge in [-0.25, -0.2) is 9.37 Å². The maximum atomic E-state index is 14.4. The molecular formula is C23H24FN3O3. The van der Waals surface area contributed by atoms with Crippen LogP contribution >= 0.6 is 0 Å². The summed E-state index contributed by atoms with van der Waals surface area (Å²) in [6.45, 7) is 2.51. The van der Waals surface area contributed by atoms with Crippen molar-refractivity contribution in [2.24, 2.45) is 0 Å². The molecule has 3 aromatic rings. The lowest BCUT2D eigenvalue weighted by Crippen LogP contribution is -2.36. The molecule has 1 N–H and O–H groups in total. The molecule has 6 nitrogen and oxygen atoms in total.